The second kappa shape index (κ2) is 2.89. The van der Waals surface area contributed by atoms with Gasteiger partial charge in [-0.05, 0) is 20.3 Å². The van der Waals surface area contributed by atoms with Crippen LogP contribution < -0.4 is 5.32 Å². The Morgan fingerprint density at radius 3 is 2.70 bits per heavy atom. The third-order valence-corrected chi connectivity index (χ3v) is 1.98. The summed E-state index contributed by atoms with van der Waals surface area (Å²) >= 11 is 0. The summed E-state index contributed by atoms with van der Waals surface area (Å²) in [5.74, 6) is 0. The van der Waals surface area contributed by atoms with Gasteiger partial charge in [0.25, 0.3) is 0 Å². The maximum atomic E-state index is 5.61. The second-order valence-corrected chi connectivity index (χ2v) is 3.56. The summed E-state index contributed by atoms with van der Waals surface area (Å²) in [7, 11) is 0. The molecule has 2 heteroatoms. The maximum absolute atomic E-state index is 5.61. The van der Waals surface area contributed by atoms with Crippen LogP contribution in [0, 0.1) is 0 Å². The average molecular weight is 143 g/mol. The molecule has 1 heterocycles. The summed E-state index contributed by atoms with van der Waals surface area (Å²) in [4.78, 5) is 0. The van der Waals surface area contributed by atoms with E-state index in [0.29, 0.717) is 6.04 Å². The zero-order valence-electron chi connectivity index (χ0n) is 7.11. The highest BCUT2D eigenvalue weighted by atomic mass is 16.5. The molecule has 10 heavy (non-hydrogen) atoms. The highest BCUT2D eigenvalue weighted by molar-refractivity contribution is 4.81. The van der Waals surface area contributed by atoms with Crippen LogP contribution in [0.3, 0.4) is 0 Å². The average Bonchev–Trinajstić information content (AvgIpc) is 1.88. The van der Waals surface area contributed by atoms with Crippen LogP contribution in [0.4, 0.5) is 0 Å². The van der Waals surface area contributed by atoms with Gasteiger partial charge in [0.1, 0.15) is 0 Å². The van der Waals surface area contributed by atoms with Gasteiger partial charge in [-0.3, -0.25) is 0 Å². The number of hydrogen-bond donors (Lipinski definition) is 1. The Balaban J connectivity index is 2.31. The Bertz CT molecular complexity index is 102. The van der Waals surface area contributed by atoms with Crippen LogP contribution in [-0.4, -0.2) is 24.8 Å². The molecule has 0 spiro atoms. The Morgan fingerprint density at radius 2 is 2.30 bits per heavy atom. The number of morpholine rings is 1. The molecule has 1 aliphatic heterocycles. The van der Waals surface area contributed by atoms with Gasteiger partial charge in [0.15, 0.2) is 0 Å². The molecule has 0 saturated carbocycles. The van der Waals surface area contributed by atoms with Crippen molar-refractivity contribution in [3.63, 3.8) is 0 Å². The van der Waals surface area contributed by atoms with Gasteiger partial charge in [-0.25, -0.2) is 0 Å². The lowest BCUT2D eigenvalue weighted by Gasteiger charge is -2.35. The minimum atomic E-state index is 0.0473. The van der Waals surface area contributed by atoms with E-state index in [1.54, 1.807) is 0 Å². The van der Waals surface area contributed by atoms with E-state index in [0.717, 1.165) is 19.6 Å². The molecule has 60 valence electrons. The quantitative estimate of drug-likeness (QED) is 0.595. The highest BCUT2D eigenvalue weighted by Gasteiger charge is 2.25. The van der Waals surface area contributed by atoms with Gasteiger partial charge in [0.05, 0.1) is 12.2 Å². The molecule has 0 bridgehead atoms. The molecule has 0 unspecified atom stereocenters. The lowest BCUT2D eigenvalue weighted by Crippen LogP contribution is -2.51. The molecule has 1 atom stereocenters. The van der Waals surface area contributed by atoms with Crippen molar-refractivity contribution < 1.29 is 4.74 Å². The van der Waals surface area contributed by atoms with Crippen LogP contribution in [0.2, 0.25) is 0 Å². The zero-order valence-corrected chi connectivity index (χ0v) is 7.11. The number of nitrogens with one attached hydrogen (secondary N) is 1. The van der Waals surface area contributed by atoms with E-state index in [9.17, 15) is 0 Å². The minimum absolute atomic E-state index is 0.0473. The van der Waals surface area contributed by atoms with Crippen LogP contribution >= 0.6 is 0 Å². The summed E-state index contributed by atoms with van der Waals surface area (Å²) in [6.45, 7) is 8.26. The van der Waals surface area contributed by atoms with Crippen molar-refractivity contribution in [2.45, 2.75) is 38.8 Å². The standard InChI is InChI=1S/C8H17NO/c1-4-7-5-10-8(2,3)6-9-7/h7,9H,4-6H2,1-3H3/t7-/m1/s1. The number of hydrogen-bond acceptors (Lipinski definition) is 2. The van der Waals surface area contributed by atoms with Crippen molar-refractivity contribution in [3.8, 4) is 0 Å². The van der Waals surface area contributed by atoms with E-state index in [4.69, 9.17) is 4.74 Å². The SMILES string of the molecule is CC[C@@H]1COC(C)(C)CN1. The van der Waals surface area contributed by atoms with Crippen LogP contribution in [0.15, 0.2) is 0 Å². The molecule has 2 nitrogen and oxygen atoms in total. The molecule has 1 fully saturated rings. The monoisotopic (exact) mass is 143 g/mol. The van der Waals surface area contributed by atoms with E-state index in [1.165, 1.54) is 0 Å². The molecular formula is C8H17NO. The molecular weight excluding hydrogens is 126 g/mol. The summed E-state index contributed by atoms with van der Waals surface area (Å²) < 4.78 is 5.61. The van der Waals surface area contributed by atoms with E-state index < -0.39 is 0 Å². The van der Waals surface area contributed by atoms with Gasteiger partial charge in [-0.1, -0.05) is 6.92 Å². The van der Waals surface area contributed by atoms with Gasteiger partial charge in [0, 0.05) is 12.6 Å². The fraction of sp³-hybridized carbons (Fsp3) is 1.00. The molecule has 1 N–H and O–H groups in total. The van der Waals surface area contributed by atoms with Gasteiger partial charge < -0.3 is 10.1 Å². The van der Waals surface area contributed by atoms with Crippen molar-refractivity contribution in [1.82, 2.24) is 5.32 Å². The summed E-state index contributed by atoms with van der Waals surface area (Å²) in [6.07, 6.45) is 1.16. The summed E-state index contributed by atoms with van der Waals surface area (Å²) in [5.41, 5.74) is 0.0473. The number of rotatable bonds is 1. The predicted octanol–water partition coefficient (Wildman–Crippen LogP) is 1.16. The first-order valence-electron chi connectivity index (χ1n) is 4.01. The third kappa shape index (κ3) is 1.96. The third-order valence-electron chi connectivity index (χ3n) is 1.98. The molecule has 0 aromatic rings. The Morgan fingerprint density at radius 1 is 1.60 bits per heavy atom. The minimum Gasteiger partial charge on any atom is -0.373 e. The molecule has 1 saturated heterocycles. The van der Waals surface area contributed by atoms with Crippen LogP contribution in [-0.2, 0) is 4.74 Å². The molecule has 1 rings (SSSR count). The first kappa shape index (κ1) is 8.02. The Hall–Kier alpha value is -0.0800. The van der Waals surface area contributed by atoms with E-state index in [-0.39, 0.29) is 5.60 Å². The second-order valence-electron chi connectivity index (χ2n) is 3.56. The lowest BCUT2D eigenvalue weighted by atomic mass is 10.1. The fourth-order valence-corrected chi connectivity index (χ4v) is 1.09. The first-order chi connectivity index (χ1) is 4.64. The van der Waals surface area contributed by atoms with Crippen molar-refractivity contribution in [2.75, 3.05) is 13.2 Å². The van der Waals surface area contributed by atoms with Crippen LogP contribution in [0.5, 0.6) is 0 Å². The van der Waals surface area contributed by atoms with Crippen LogP contribution in [0.1, 0.15) is 27.2 Å². The first-order valence-corrected chi connectivity index (χ1v) is 4.01. The van der Waals surface area contributed by atoms with Gasteiger partial charge in [0.2, 0.25) is 0 Å². The molecule has 0 aromatic carbocycles. The van der Waals surface area contributed by atoms with Gasteiger partial charge in [-0.2, -0.15) is 0 Å². The van der Waals surface area contributed by atoms with E-state index in [1.807, 2.05) is 0 Å². The summed E-state index contributed by atoms with van der Waals surface area (Å²) in [5, 5.41) is 3.43. The van der Waals surface area contributed by atoms with Crippen molar-refractivity contribution >= 4 is 0 Å². The molecule has 0 radical (unpaired) electrons. The molecule has 1 aliphatic rings. The van der Waals surface area contributed by atoms with E-state index >= 15 is 0 Å². The maximum Gasteiger partial charge on any atom is 0.0751 e. The highest BCUT2D eigenvalue weighted by Crippen LogP contribution is 2.13. The normalized spacial score (nSPS) is 32.1. The van der Waals surface area contributed by atoms with Gasteiger partial charge >= 0.3 is 0 Å². The molecule has 0 aromatic heterocycles. The molecule has 0 amide bonds. The van der Waals surface area contributed by atoms with E-state index in [2.05, 4.69) is 26.1 Å². The van der Waals surface area contributed by atoms with Crippen LogP contribution in [0.25, 0.3) is 0 Å². The Labute approximate surface area is 63.0 Å². The predicted molar refractivity (Wildman–Crippen MR) is 42.1 cm³/mol. The smallest absolute Gasteiger partial charge is 0.0751 e. The van der Waals surface area contributed by atoms with Crippen molar-refractivity contribution in [1.29, 1.82) is 0 Å². The molecule has 0 aliphatic carbocycles. The van der Waals surface area contributed by atoms with Gasteiger partial charge in [-0.15, -0.1) is 0 Å². The fourth-order valence-electron chi connectivity index (χ4n) is 1.09. The summed E-state index contributed by atoms with van der Waals surface area (Å²) in [6, 6.07) is 0.577. The largest absolute Gasteiger partial charge is 0.373 e. The number of ether oxygens (including phenoxy) is 1. The van der Waals surface area contributed by atoms with Crippen molar-refractivity contribution in [2.24, 2.45) is 0 Å². The lowest BCUT2D eigenvalue weighted by molar-refractivity contribution is -0.0583. The zero-order chi connectivity index (χ0) is 7.61. The Kier molecular flexibility index (Phi) is 2.32. The van der Waals surface area contributed by atoms with Crippen molar-refractivity contribution in [3.05, 3.63) is 0 Å². The topological polar surface area (TPSA) is 21.3 Å².